The number of rotatable bonds is 41. The van der Waals surface area contributed by atoms with E-state index in [0.717, 1.165) is 58.2 Å². The smallest absolute Gasteiger partial charge is 0.306 e. The molecule has 0 aromatic heterocycles. The second-order valence-corrected chi connectivity index (χ2v) is 16.7. The summed E-state index contributed by atoms with van der Waals surface area (Å²) in [5.41, 5.74) is 0.218. The summed E-state index contributed by atoms with van der Waals surface area (Å²) in [4.78, 5) is 27.5. The van der Waals surface area contributed by atoms with Gasteiger partial charge < -0.3 is 19.5 Å². The van der Waals surface area contributed by atoms with E-state index in [1.165, 1.54) is 161 Å². The Morgan fingerprint density at radius 1 is 0.558 bits per heavy atom. The van der Waals surface area contributed by atoms with E-state index in [9.17, 15) is 14.7 Å². The molecule has 0 unspecified atom stereocenters. The van der Waals surface area contributed by atoms with Crippen LogP contribution in [-0.4, -0.2) is 61.4 Å². The fourth-order valence-electron chi connectivity index (χ4n) is 7.74. The van der Waals surface area contributed by atoms with Gasteiger partial charge in [0, 0.05) is 19.6 Å². The van der Waals surface area contributed by atoms with E-state index in [0.29, 0.717) is 32.0 Å². The number of aliphatic hydroxyl groups excluding tert-OH is 1. The molecular formula is C46H89NO5. The first kappa shape index (κ1) is 48.9. The average molecular weight is 736 g/mol. The Balaban J connectivity index is 2.18. The number of aliphatic hydroxyl groups is 1. The van der Waals surface area contributed by atoms with Gasteiger partial charge >= 0.3 is 11.9 Å². The Kier molecular flexibility index (Phi) is 33.4. The Bertz CT molecular complexity index is 786. The van der Waals surface area contributed by atoms with E-state index in [-0.39, 0.29) is 24.0 Å². The van der Waals surface area contributed by atoms with Gasteiger partial charge in [0.05, 0.1) is 19.6 Å². The molecule has 1 saturated carbocycles. The number of unbranched alkanes of at least 4 members (excludes halogenated alkanes) is 20. The van der Waals surface area contributed by atoms with Gasteiger partial charge in [-0.15, -0.1) is 0 Å². The molecule has 1 fully saturated rings. The van der Waals surface area contributed by atoms with E-state index in [1.807, 2.05) is 0 Å². The summed E-state index contributed by atoms with van der Waals surface area (Å²) in [6, 6.07) is 0. The molecular weight excluding hydrogens is 647 g/mol. The maximum atomic E-state index is 12.9. The number of esters is 2. The van der Waals surface area contributed by atoms with Gasteiger partial charge in [0.2, 0.25) is 0 Å². The molecule has 0 heterocycles. The van der Waals surface area contributed by atoms with Crippen LogP contribution in [0, 0.1) is 11.3 Å². The van der Waals surface area contributed by atoms with Crippen LogP contribution >= 0.6 is 0 Å². The minimum Gasteiger partial charge on any atom is -0.466 e. The van der Waals surface area contributed by atoms with Gasteiger partial charge in [0.25, 0.3) is 0 Å². The van der Waals surface area contributed by atoms with Crippen LogP contribution in [0.2, 0.25) is 0 Å². The molecule has 52 heavy (non-hydrogen) atoms. The zero-order valence-electron chi connectivity index (χ0n) is 35.2. The first-order chi connectivity index (χ1) is 25.5. The molecule has 308 valence electrons. The van der Waals surface area contributed by atoms with Gasteiger partial charge in [0.15, 0.2) is 0 Å². The summed E-state index contributed by atoms with van der Waals surface area (Å²) in [5.74, 6) is 0.570. The third kappa shape index (κ3) is 30.2. The van der Waals surface area contributed by atoms with Gasteiger partial charge in [-0.3, -0.25) is 9.59 Å². The topological polar surface area (TPSA) is 76.1 Å². The summed E-state index contributed by atoms with van der Waals surface area (Å²) in [6.07, 6.45) is 38.9. The van der Waals surface area contributed by atoms with Crippen molar-refractivity contribution in [1.82, 2.24) is 4.90 Å². The third-order valence-corrected chi connectivity index (χ3v) is 11.6. The zero-order valence-corrected chi connectivity index (χ0v) is 35.2. The van der Waals surface area contributed by atoms with Crippen LogP contribution in [-0.2, 0) is 19.1 Å². The monoisotopic (exact) mass is 736 g/mol. The molecule has 0 spiro atoms. The highest BCUT2D eigenvalue weighted by Crippen LogP contribution is 2.53. The molecule has 0 atom stereocenters. The number of nitrogens with zero attached hydrogens (tertiary/aromatic N) is 1. The zero-order chi connectivity index (χ0) is 37.8. The molecule has 0 aromatic carbocycles. The van der Waals surface area contributed by atoms with Gasteiger partial charge in [-0.2, -0.15) is 0 Å². The predicted molar refractivity (Wildman–Crippen MR) is 221 cm³/mol. The van der Waals surface area contributed by atoms with E-state index >= 15 is 0 Å². The normalized spacial score (nSPS) is 13.7. The summed E-state index contributed by atoms with van der Waals surface area (Å²) >= 11 is 0. The number of ether oxygens (including phenoxy) is 2. The summed E-state index contributed by atoms with van der Waals surface area (Å²) in [7, 11) is 0. The van der Waals surface area contributed by atoms with E-state index in [2.05, 4.69) is 25.7 Å². The Morgan fingerprint density at radius 2 is 1.04 bits per heavy atom. The minimum absolute atomic E-state index is 0.0197. The summed E-state index contributed by atoms with van der Waals surface area (Å²) in [6.45, 7) is 11.4. The molecule has 0 aromatic rings. The number of carbonyl (C=O) groups excluding carboxylic acids is 2. The van der Waals surface area contributed by atoms with Crippen LogP contribution in [0.25, 0.3) is 0 Å². The van der Waals surface area contributed by atoms with Crippen molar-refractivity contribution in [2.75, 3.05) is 39.5 Å². The number of hydrogen-bond acceptors (Lipinski definition) is 6. The van der Waals surface area contributed by atoms with Crippen LogP contribution in [0.15, 0.2) is 0 Å². The first-order valence-electron chi connectivity index (χ1n) is 23.1. The molecule has 0 bridgehead atoms. The SMILES string of the molecule is CCCCCCCCCC(=O)OCCCCCCCN(CCCO)CCCCCC1(CC(=O)OCC(CCCCCCC)CCCCCCC)CC1. The molecule has 1 aliphatic carbocycles. The largest absolute Gasteiger partial charge is 0.466 e. The molecule has 1 N–H and O–H groups in total. The average Bonchev–Trinajstić information content (AvgIpc) is 3.91. The van der Waals surface area contributed by atoms with Gasteiger partial charge in [-0.25, -0.2) is 0 Å². The molecule has 0 amide bonds. The molecule has 0 aliphatic heterocycles. The Morgan fingerprint density at radius 3 is 1.60 bits per heavy atom. The molecule has 6 heteroatoms. The lowest BCUT2D eigenvalue weighted by Crippen LogP contribution is -2.28. The molecule has 1 rings (SSSR count). The molecule has 1 aliphatic rings. The van der Waals surface area contributed by atoms with Gasteiger partial charge in [0.1, 0.15) is 0 Å². The number of hydrogen-bond donors (Lipinski definition) is 1. The maximum Gasteiger partial charge on any atom is 0.306 e. The summed E-state index contributed by atoms with van der Waals surface area (Å²) < 4.78 is 11.4. The molecule has 0 radical (unpaired) electrons. The van der Waals surface area contributed by atoms with Crippen molar-refractivity contribution in [3.63, 3.8) is 0 Å². The minimum atomic E-state index is -0.0197. The molecule has 6 nitrogen and oxygen atoms in total. The van der Waals surface area contributed by atoms with E-state index < -0.39 is 0 Å². The van der Waals surface area contributed by atoms with Crippen molar-refractivity contribution in [2.24, 2.45) is 11.3 Å². The highest BCUT2D eigenvalue weighted by molar-refractivity contribution is 5.70. The van der Waals surface area contributed by atoms with Crippen LogP contribution in [0.4, 0.5) is 0 Å². The standard InChI is InChI=1S/C46H89NO5/c1-4-7-10-13-14-18-24-32-44(49)51-40-28-20-15-19-26-36-47(38-29-39-48)37-27-21-25-33-46(34-35-46)41-45(50)52-42-43(30-22-16-11-8-5-2)31-23-17-12-9-6-3/h43,48H,4-42H2,1-3H3. The maximum absolute atomic E-state index is 12.9. The van der Waals surface area contributed by atoms with Crippen LogP contribution < -0.4 is 0 Å². The quantitative estimate of drug-likeness (QED) is 0.0498. The predicted octanol–water partition coefficient (Wildman–Crippen LogP) is 12.9. The van der Waals surface area contributed by atoms with Crippen LogP contribution in [0.1, 0.15) is 233 Å². The van der Waals surface area contributed by atoms with Crippen molar-refractivity contribution in [1.29, 1.82) is 0 Å². The third-order valence-electron chi connectivity index (χ3n) is 11.6. The van der Waals surface area contributed by atoms with Crippen molar-refractivity contribution in [2.45, 2.75) is 233 Å². The fourth-order valence-corrected chi connectivity index (χ4v) is 7.74. The Labute approximate surface area is 323 Å². The highest BCUT2D eigenvalue weighted by Gasteiger charge is 2.44. The molecule has 0 saturated heterocycles. The second-order valence-electron chi connectivity index (χ2n) is 16.7. The lowest BCUT2D eigenvalue weighted by atomic mass is 9.94. The van der Waals surface area contributed by atoms with Crippen LogP contribution in [0.5, 0.6) is 0 Å². The summed E-state index contributed by atoms with van der Waals surface area (Å²) in [5, 5.41) is 9.43. The van der Waals surface area contributed by atoms with Gasteiger partial charge in [-0.05, 0) is 88.6 Å². The van der Waals surface area contributed by atoms with E-state index in [1.54, 1.807) is 0 Å². The lowest BCUT2D eigenvalue weighted by molar-refractivity contribution is -0.147. The fraction of sp³-hybridized carbons (Fsp3) is 0.957. The van der Waals surface area contributed by atoms with E-state index in [4.69, 9.17) is 9.47 Å². The van der Waals surface area contributed by atoms with Crippen LogP contribution in [0.3, 0.4) is 0 Å². The van der Waals surface area contributed by atoms with Crippen molar-refractivity contribution >= 4 is 11.9 Å². The van der Waals surface area contributed by atoms with Crippen molar-refractivity contribution in [3.8, 4) is 0 Å². The Hall–Kier alpha value is -1.14. The lowest BCUT2D eigenvalue weighted by Gasteiger charge is -2.22. The highest BCUT2D eigenvalue weighted by atomic mass is 16.5. The van der Waals surface area contributed by atoms with Crippen molar-refractivity contribution in [3.05, 3.63) is 0 Å². The first-order valence-corrected chi connectivity index (χ1v) is 23.1. The van der Waals surface area contributed by atoms with Crippen molar-refractivity contribution < 1.29 is 24.2 Å². The second kappa shape index (κ2) is 35.6. The number of carbonyl (C=O) groups is 2. The van der Waals surface area contributed by atoms with Gasteiger partial charge in [-0.1, -0.05) is 156 Å².